The lowest BCUT2D eigenvalue weighted by Gasteiger charge is -2.29. The summed E-state index contributed by atoms with van der Waals surface area (Å²) >= 11 is 6.07. The molecule has 27 heavy (non-hydrogen) atoms. The van der Waals surface area contributed by atoms with E-state index < -0.39 is 0 Å². The molecular weight excluding hydrogens is 360 g/mol. The highest BCUT2D eigenvalue weighted by Gasteiger charge is 2.24. The second kappa shape index (κ2) is 7.37. The average Bonchev–Trinajstić information content (AvgIpc) is 2.70. The van der Waals surface area contributed by atoms with Crippen LogP contribution in [0.15, 0.2) is 54.7 Å². The van der Waals surface area contributed by atoms with Crippen molar-refractivity contribution < 1.29 is 4.79 Å². The quantitative estimate of drug-likeness (QED) is 0.712. The molecule has 4 rings (SSSR count). The third-order valence-electron chi connectivity index (χ3n) is 4.68. The number of amides is 1. The largest absolute Gasteiger partial charge is 0.324 e. The van der Waals surface area contributed by atoms with Crippen LogP contribution >= 0.6 is 11.6 Å². The van der Waals surface area contributed by atoms with E-state index in [4.69, 9.17) is 11.6 Å². The minimum Gasteiger partial charge on any atom is -0.324 e. The highest BCUT2D eigenvalue weighted by atomic mass is 35.5. The zero-order chi connectivity index (χ0) is 18.8. The van der Waals surface area contributed by atoms with E-state index in [1.807, 2.05) is 43.3 Å². The molecule has 2 aromatic carbocycles. The first kappa shape index (κ1) is 17.5. The van der Waals surface area contributed by atoms with Gasteiger partial charge in [0.15, 0.2) is 0 Å². The van der Waals surface area contributed by atoms with Gasteiger partial charge in [-0.25, -0.2) is 9.97 Å². The SMILES string of the molecule is Cc1ccc(Cl)cc1Nc1nccc(C(=O)N2CCCc3ccccc32)n1. The van der Waals surface area contributed by atoms with Crippen molar-refractivity contribution in [3.63, 3.8) is 0 Å². The lowest BCUT2D eigenvalue weighted by atomic mass is 10.0. The topological polar surface area (TPSA) is 58.1 Å². The van der Waals surface area contributed by atoms with Crippen molar-refractivity contribution in [1.29, 1.82) is 0 Å². The molecular formula is C21H19ClN4O. The molecule has 0 bridgehead atoms. The third kappa shape index (κ3) is 3.64. The molecule has 0 atom stereocenters. The van der Waals surface area contributed by atoms with Crippen LogP contribution in [-0.2, 0) is 6.42 Å². The van der Waals surface area contributed by atoms with Crippen LogP contribution in [0.2, 0.25) is 5.02 Å². The summed E-state index contributed by atoms with van der Waals surface area (Å²) in [7, 11) is 0. The van der Waals surface area contributed by atoms with Gasteiger partial charge in [0.2, 0.25) is 5.95 Å². The van der Waals surface area contributed by atoms with Gasteiger partial charge in [0, 0.05) is 29.1 Å². The fraction of sp³-hybridized carbons (Fsp3) is 0.190. The number of hydrogen-bond acceptors (Lipinski definition) is 4. The van der Waals surface area contributed by atoms with Crippen molar-refractivity contribution in [2.45, 2.75) is 19.8 Å². The Morgan fingerprint density at radius 2 is 2.04 bits per heavy atom. The lowest BCUT2D eigenvalue weighted by Crippen LogP contribution is -2.36. The number of aromatic nitrogens is 2. The Morgan fingerprint density at radius 3 is 2.93 bits per heavy atom. The molecule has 136 valence electrons. The molecule has 0 spiro atoms. The zero-order valence-electron chi connectivity index (χ0n) is 14.9. The number of carbonyl (C=O) groups excluding carboxylic acids is 1. The number of hydrogen-bond donors (Lipinski definition) is 1. The minimum absolute atomic E-state index is 0.115. The van der Waals surface area contributed by atoms with Gasteiger partial charge >= 0.3 is 0 Å². The predicted molar refractivity (Wildman–Crippen MR) is 108 cm³/mol. The number of carbonyl (C=O) groups is 1. The lowest BCUT2D eigenvalue weighted by molar-refractivity contribution is 0.0980. The Morgan fingerprint density at radius 1 is 1.19 bits per heavy atom. The summed E-state index contributed by atoms with van der Waals surface area (Å²) in [4.78, 5) is 23.5. The van der Waals surface area contributed by atoms with E-state index in [2.05, 4.69) is 21.4 Å². The van der Waals surface area contributed by atoms with Crippen molar-refractivity contribution in [2.24, 2.45) is 0 Å². The van der Waals surface area contributed by atoms with Gasteiger partial charge in [-0.2, -0.15) is 0 Å². The Kier molecular flexibility index (Phi) is 4.77. The molecule has 1 N–H and O–H groups in total. The van der Waals surface area contributed by atoms with Gasteiger partial charge in [-0.15, -0.1) is 0 Å². The maximum Gasteiger partial charge on any atom is 0.277 e. The number of para-hydroxylation sites is 1. The van der Waals surface area contributed by atoms with E-state index in [-0.39, 0.29) is 5.91 Å². The van der Waals surface area contributed by atoms with Crippen molar-refractivity contribution in [2.75, 3.05) is 16.8 Å². The van der Waals surface area contributed by atoms with Gasteiger partial charge in [-0.05, 0) is 55.2 Å². The number of nitrogens with zero attached hydrogens (tertiary/aromatic N) is 3. The number of fused-ring (bicyclic) bond motifs is 1. The number of halogens is 1. The molecule has 0 radical (unpaired) electrons. The van der Waals surface area contributed by atoms with Gasteiger partial charge in [-0.3, -0.25) is 4.79 Å². The van der Waals surface area contributed by atoms with E-state index in [0.717, 1.165) is 29.8 Å². The summed E-state index contributed by atoms with van der Waals surface area (Å²) in [5.74, 6) is 0.256. The second-order valence-corrected chi connectivity index (χ2v) is 6.98. The van der Waals surface area contributed by atoms with Crippen LogP contribution in [0.25, 0.3) is 0 Å². The predicted octanol–water partition coefficient (Wildman–Crippen LogP) is 4.78. The van der Waals surface area contributed by atoms with Crippen molar-refractivity contribution in [1.82, 2.24) is 9.97 Å². The van der Waals surface area contributed by atoms with Crippen LogP contribution in [0.1, 0.15) is 28.0 Å². The Bertz CT molecular complexity index is 1000. The number of rotatable bonds is 3. The fourth-order valence-corrected chi connectivity index (χ4v) is 3.44. The number of nitrogens with one attached hydrogen (secondary N) is 1. The van der Waals surface area contributed by atoms with Crippen LogP contribution in [-0.4, -0.2) is 22.4 Å². The van der Waals surface area contributed by atoms with Gasteiger partial charge in [0.1, 0.15) is 5.69 Å². The van der Waals surface area contributed by atoms with E-state index in [0.29, 0.717) is 23.2 Å². The van der Waals surface area contributed by atoms with Crippen LogP contribution in [0.3, 0.4) is 0 Å². The molecule has 0 fully saturated rings. The molecule has 1 aliphatic rings. The van der Waals surface area contributed by atoms with E-state index in [1.54, 1.807) is 17.2 Å². The van der Waals surface area contributed by atoms with Crippen molar-refractivity contribution in [3.8, 4) is 0 Å². The maximum atomic E-state index is 13.1. The monoisotopic (exact) mass is 378 g/mol. The average molecular weight is 379 g/mol. The Labute approximate surface area is 163 Å². The van der Waals surface area contributed by atoms with E-state index >= 15 is 0 Å². The zero-order valence-corrected chi connectivity index (χ0v) is 15.7. The maximum absolute atomic E-state index is 13.1. The Hall–Kier alpha value is -2.92. The number of benzene rings is 2. The number of anilines is 3. The van der Waals surface area contributed by atoms with Crippen molar-refractivity contribution in [3.05, 3.63) is 76.6 Å². The molecule has 0 aliphatic carbocycles. The van der Waals surface area contributed by atoms with Gasteiger partial charge < -0.3 is 10.2 Å². The van der Waals surface area contributed by atoms with E-state index in [9.17, 15) is 4.79 Å². The smallest absolute Gasteiger partial charge is 0.277 e. The number of aryl methyl sites for hydroxylation is 2. The van der Waals surface area contributed by atoms with Crippen LogP contribution < -0.4 is 10.2 Å². The summed E-state index contributed by atoms with van der Waals surface area (Å²) in [5, 5.41) is 3.78. The Balaban J connectivity index is 1.61. The first-order chi connectivity index (χ1) is 13.1. The molecule has 1 amide bonds. The van der Waals surface area contributed by atoms with Crippen LogP contribution in [0.4, 0.5) is 17.3 Å². The third-order valence-corrected chi connectivity index (χ3v) is 4.91. The molecule has 0 saturated carbocycles. The first-order valence-corrected chi connectivity index (χ1v) is 9.25. The summed E-state index contributed by atoms with van der Waals surface area (Å²) in [6, 6.07) is 15.2. The highest BCUT2D eigenvalue weighted by molar-refractivity contribution is 6.30. The van der Waals surface area contributed by atoms with Gasteiger partial charge in [0.25, 0.3) is 5.91 Å². The summed E-state index contributed by atoms with van der Waals surface area (Å²) in [6.45, 7) is 2.66. The molecule has 3 aromatic rings. The highest BCUT2D eigenvalue weighted by Crippen LogP contribution is 2.28. The summed E-state index contributed by atoms with van der Waals surface area (Å²) in [6.07, 6.45) is 3.53. The molecule has 0 unspecified atom stereocenters. The fourth-order valence-electron chi connectivity index (χ4n) is 3.27. The van der Waals surface area contributed by atoms with Crippen molar-refractivity contribution >= 4 is 34.8 Å². The first-order valence-electron chi connectivity index (χ1n) is 8.88. The molecule has 0 saturated heterocycles. The molecule has 2 heterocycles. The van der Waals surface area contributed by atoms with Gasteiger partial charge in [0.05, 0.1) is 0 Å². The normalized spacial score (nSPS) is 13.2. The molecule has 5 nitrogen and oxygen atoms in total. The summed E-state index contributed by atoms with van der Waals surface area (Å²) < 4.78 is 0. The second-order valence-electron chi connectivity index (χ2n) is 6.54. The summed E-state index contributed by atoms with van der Waals surface area (Å²) in [5.41, 5.74) is 4.36. The molecule has 6 heteroatoms. The van der Waals surface area contributed by atoms with Crippen LogP contribution in [0, 0.1) is 6.92 Å². The minimum atomic E-state index is -0.115. The standard InChI is InChI=1S/C21H19ClN4O/c1-14-8-9-16(22)13-18(14)25-21-23-11-10-17(24-21)20(27)26-12-4-6-15-5-2-3-7-19(15)26/h2-3,5,7-11,13H,4,6,12H2,1H3,(H,23,24,25). The van der Waals surface area contributed by atoms with Gasteiger partial charge in [-0.1, -0.05) is 35.9 Å². The van der Waals surface area contributed by atoms with E-state index in [1.165, 1.54) is 5.56 Å². The molecule has 1 aliphatic heterocycles. The molecule has 1 aromatic heterocycles. The van der Waals surface area contributed by atoms with Crippen LogP contribution in [0.5, 0.6) is 0 Å².